The van der Waals surface area contributed by atoms with E-state index in [2.05, 4.69) is 36.5 Å². The lowest BCUT2D eigenvalue weighted by Crippen LogP contribution is -2.36. The van der Waals surface area contributed by atoms with Crippen LogP contribution in [-0.4, -0.2) is 21.4 Å². The van der Waals surface area contributed by atoms with Gasteiger partial charge in [-0.1, -0.05) is 13.8 Å². The minimum Gasteiger partial charge on any atom is -0.362 e. The predicted molar refractivity (Wildman–Crippen MR) is 70.2 cm³/mol. The first kappa shape index (κ1) is 13.0. The first-order valence-corrected chi connectivity index (χ1v) is 6.06. The topological polar surface area (TPSA) is 41.9 Å². The quantitative estimate of drug-likeness (QED) is 0.766. The molecule has 0 bridgehead atoms. The zero-order valence-corrected chi connectivity index (χ0v) is 11.0. The standard InChI is InChI=1S/C11H20N4S/c1-4-15-6-5-10(14-15)8-13-11(16)12-7-9(2)3/h5-6,9H,4,7-8H2,1-3H3,(H2,12,13,16). The minimum atomic E-state index is 0.596. The molecule has 0 aliphatic heterocycles. The maximum absolute atomic E-state index is 5.15. The van der Waals surface area contributed by atoms with Crippen LogP contribution in [0.3, 0.4) is 0 Å². The molecule has 0 saturated heterocycles. The Morgan fingerprint density at radius 2 is 2.25 bits per heavy atom. The second-order valence-corrected chi connectivity index (χ2v) is 4.53. The Morgan fingerprint density at radius 3 is 2.81 bits per heavy atom. The number of thiocarbonyl (C=S) groups is 1. The highest BCUT2D eigenvalue weighted by Crippen LogP contribution is 1.95. The Hall–Kier alpha value is -1.10. The molecule has 0 spiro atoms. The van der Waals surface area contributed by atoms with Gasteiger partial charge in [0.1, 0.15) is 0 Å². The molecule has 5 heteroatoms. The van der Waals surface area contributed by atoms with Gasteiger partial charge in [-0.25, -0.2) is 0 Å². The van der Waals surface area contributed by atoms with Gasteiger partial charge in [0.15, 0.2) is 5.11 Å². The first-order valence-electron chi connectivity index (χ1n) is 5.65. The van der Waals surface area contributed by atoms with E-state index < -0.39 is 0 Å². The summed E-state index contributed by atoms with van der Waals surface area (Å²) in [5, 5.41) is 11.4. The van der Waals surface area contributed by atoms with E-state index >= 15 is 0 Å². The largest absolute Gasteiger partial charge is 0.362 e. The highest BCUT2D eigenvalue weighted by molar-refractivity contribution is 7.80. The molecule has 2 N–H and O–H groups in total. The van der Waals surface area contributed by atoms with Crippen LogP contribution < -0.4 is 10.6 Å². The van der Waals surface area contributed by atoms with Gasteiger partial charge in [-0.15, -0.1) is 0 Å². The third-order valence-electron chi connectivity index (χ3n) is 2.12. The Labute approximate surface area is 102 Å². The van der Waals surface area contributed by atoms with Crippen LogP contribution in [0.5, 0.6) is 0 Å². The van der Waals surface area contributed by atoms with Gasteiger partial charge in [-0.05, 0) is 31.1 Å². The lowest BCUT2D eigenvalue weighted by Gasteiger charge is -2.11. The van der Waals surface area contributed by atoms with E-state index in [4.69, 9.17) is 12.2 Å². The number of aromatic nitrogens is 2. The van der Waals surface area contributed by atoms with Crippen molar-refractivity contribution in [1.82, 2.24) is 20.4 Å². The molecule has 0 aromatic carbocycles. The average Bonchev–Trinajstić information content (AvgIpc) is 2.71. The smallest absolute Gasteiger partial charge is 0.166 e. The second kappa shape index (κ2) is 6.48. The van der Waals surface area contributed by atoms with Gasteiger partial charge < -0.3 is 10.6 Å². The van der Waals surface area contributed by atoms with Crippen LogP contribution >= 0.6 is 12.2 Å². The van der Waals surface area contributed by atoms with Crippen LogP contribution in [0.2, 0.25) is 0 Å². The van der Waals surface area contributed by atoms with Crippen LogP contribution in [0.15, 0.2) is 12.3 Å². The third kappa shape index (κ3) is 4.61. The summed E-state index contributed by atoms with van der Waals surface area (Å²) in [4.78, 5) is 0. The van der Waals surface area contributed by atoms with E-state index in [0.717, 1.165) is 18.8 Å². The predicted octanol–water partition coefficient (Wildman–Crippen LogP) is 1.52. The fourth-order valence-electron chi connectivity index (χ4n) is 1.20. The molecule has 1 heterocycles. The van der Waals surface area contributed by atoms with Crippen molar-refractivity contribution in [2.24, 2.45) is 5.92 Å². The number of rotatable bonds is 5. The van der Waals surface area contributed by atoms with Gasteiger partial charge in [0.25, 0.3) is 0 Å². The summed E-state index contributed by atoms with van der Waals surface area (Å²) in [6.07, 6.45) is 1.97. The fraction of sp³-hybridized carbons (Fsp3) is 0.636. The second-order valence-electron chi connectivity index (χ2n) is 4.12. The molecule has 1 aromatic rings. The molecule has 0 saturated carbocycles. The van der Waals surface area contributed by atoms with Gasteiger partial charge in [-0.3, -0.25) is 4.68 Å². The summed E-state index contributed by atoms with van der Waals surface area (Å²) in [7, 11) is 0. The van der Waals surface area contributed by atoms with E-state index in [1.807, 2.05) is 16.9 Å². The van der Waals surface area contributed by atoms with Crippen molar-refractivity contribution in [3.05, 3.63) is 18.0 Å². The van der Waals surface area contributed by atoms with Crippen LogP contribution in [0.4, 0.5) is 0 Å². The molecule has 0 unspecified atom stereocenters. The Balaban J connectivity index is 2.26. The normalized spacial score (nSPS) is 10.5. The van der Waals surface area contributed by atoms with E-state index in [1.54, 1.807) is 0 Å². The Morgan fingerprint density at radius 1 is 1.50 bits per heavy atom. The number of nitrogens with one attached hydrogen (secondary N) is 2. The summed E-state index contributed by atoms with van der Waals surface area (Å²) in [5.41, 5.74) is 1.01. The van der Waals surface area contributed by atoms with Gasteiger partial charge >= 0.3 is 0 Å². The molecule has 0 atom stereocenters. The molecule has 90 valence electrons. The Kier molecular flexibility index (Phi) is 5.25. The van der Waals surface area contributed by atoms with Crippen LogP contribution in [0.25, 0.3) is 0 Å². The molecule has 0 aliphatic carbocycles. The van der Waals surface area contributed by atoms with E-state index in [0.29, 0.717) is 17.6 Å². The molecule has 0 aliphatic rings. The zero-order chi connectivity index (χ0) is 12.0. The molecule has 0 amide bonds. The van der Waals surface area contributed by atoms with Crippen molar-refractivity contribution < 1.29 is 0 Å². The molecule has 16 heavy (non-hydrogen) atoms. The summed E-state index contributed by atoms with van der Waals surface area (Å²) in [5.74, 6) is 0.596. The monoisotopic (exact) mass is 240 g/mol. The number of aryl methyl sites for hydroxylation is 1. The molecular formula is C11H20N4S. The van der Waals surface area contributed by atoms with Gasteiger partial charge in [-0.2, -0.15) is 5.10 Å². The summed E-state index contributed by atoms with van der Waals surface area (Å²) < 4.78 is 1.90. The number of nitrogens with zero attached hydrogens (tertiary/aromatic N) is 2. The third-order valence-corrected chi connectivity index (χ3v) is 2.41. The molecular weight excluding hydrogens is 220 g/mol. The van der Waals surface area contributed by atoms with Crippen molar-refractivity contribution in [1.29, 1.82) is 0 Å². The summed E-state index contributed by atoms with van der Waals surface area (Å²) in [6, 6.07) is 2.00. The zero-order valence-electron chi connectivity index (χ0n) is 10.2. The summed E-state index contributed by atoms with van der Waals surface area (Å²) >= 11 is 5.15. The lowest BCUT2D eigenvalue weighted by atomic mass is 10.2. The van der Waals surface area contributed by atoms with E-state index in [9.17, 15) is 0 Å². The van der Waals surface area contributed by atoms with Crippen molar-refractivity contribution in [3.63, 3.8) is 0 Å². The van der Waals surface area contributed by atoms with E-state index in [1.165, 1.54) is 0 Å². The fourth-order valence-corrected chi connectivity index (χ4v) is 1.36. The molecule has 4 nitrogen and oxygen atoms in total. The molecule has 1 rings (SSSR count). The van der Waals surface area contributed by atoms with Crippen molar-refractivity contribution in [2.45, 2.75) is 33.9 Å². The van der Waals surface area contributed by atoms with Gasteiger partial charge in [0.05, 0.1) is 12.2 Å². The SMILES string of the molecule is CCn1ccc(CNC(=S)NCC(C)C)n1. The van der Waals surface area contributed by atoms with Crippen molar-refractivity contribution in [2.75, 3.05) is 6.54 Å². The Bertz CT molecular complexity index is 332. The van der Waals surface area contributed by atoms with Gasteiger partial charge in [0, 0.05) is 19.3 Å². The van der Waals surface area contributed by atoms with E-state index in [-0.39, 0.29) is 0 Å². The average molecular weight is 240 g/mol. The summed E-state index contributed by atoms with van der Waals surface area (Å²) in [6.45, 7) is 8.85. The minimum absolute atomic E-state index is 0.596. The van der Waals surface area contributed by atoms with Crippen molar-refractivity contribution in [3.8, 4) is 0 Å². The van der Waals surface area contributed by atoms with Gasteiger partial charge in [0.2, 0.25) is 0 Å². The number of hydrogen-bond donors (Lipinski definition) is 2. The van der Waals surface area contributed by atoms with Crippen LogP contribution in [0, 0.1) is 5.92 Å². The molecule has 0 fully saturated rings. The number of hydrogen-bond acceptors (Lipinski definition) is 2. The maximum Gasteiger partial charge on any atom is 0.166 e. The van der Waals surface area contributed by atoms with Crippen LogP contribution in [0.1, 0.15) is 26.5 Å². The maximum atomic E-state index is 5.15. The van der Waals surface area contributed by atoms with Crippen LogP contribution in [-0.2, 0) is 13.1 Å². The lowest BCUT2D eigenvalue weighted by molar-refractivity contribution is 0.615. The highest BCUT2D eigenvalue weighted by Gasteiger charge is 2.00. The van der Waals surface area contributed by atoms with Crippen molar-refractivity contribution >= 4 is 17.3 Å². The highest BCUT2D eigenvalue weighted by atomic mass is 32.1. The molecule has 1 aromatic heterocycles. The first-order chi connectivity index (χ1) is 7.61. The molecule has 0 radical (unpaired) electrons.